The molecular weight excluding hydrogens is 1860 g/mol. The van der Waals surface area contributed by atoms with Crippen LogP contribution in [-0.4, -0.2) is 0 Å². The Hall–Kier alpha value is -18.1. The minimum Gasteiger partial charge on any atom is -0.454 e. The fraction of sp³-hybridized carbons (Fsp3) is 0.0282. The van der Waals surface area contributed by atoms with Crippen LogP contribution in [0.1, 0.15) is 30.9 Å². The average molecular weight is 1950 g/mol. The van der Waals surface area contributed by atoms with E-state index in [1.807, 2.05) is 40.1 Å². The Kier molecular flexibility index (Phi) is 20.0. The van der Waals surface area contributed by atoms with Crippen LogP contribution in [0.3, 0.4) is 0 Å². The number of nitrogens with zero attached hydrogens (tertiary/aromatic N) is 3. The number of anilines is 9. The van der Waals surface area contributed by atoms with E-state index in [-0.39, 0.29) is 0 Å². The standard InChI is InChI=1S/C49H33NOS.C48H29NS.C45H29NS/c1-29(2)30-18-21-33(22-19-30)50(44-16-9-15-41-38-13-7-8-17-45(38)51-48(41)44)34-23-20-31-28-46-43(27-32(31)26-34)42-25-24-40-37-12-4-3-10-35(37)36-11-5-6-14-39(36)47(40)49(42)52-46;1-3-11-32-25-36(20-17-30(32)9-1)49(37-21-18-31-10-2-4-12-33(31)26-37)38-22-19-34-29-46-44(28-35(34)27-38)48-45(50-46)24-23-43-41-15-6-5-13-39(41)40-14-7-8-16-42(40)47(43)48;1-28-14-18-33(19-15-28)46(34-20-16-29-8-2-3-9-30(29)22-34)35-21-17-31-25-44-42(24-32(31)23-35)43-26-40-38-12-6-4-10-36(38)37-11-5-7-13-39(37)41(40)27-45(43)47-44/h3-29H,1-2H3;1-29H;2-27H,1H3. The van der Waals surface area contributed by atoms with Gasteiger partial charge < -0.3 is 19.1 Å². The molecule has 0 spiro atoms. The smallest absolute Gasteiger partial charge is 0.159 e. The lowest BCUT2D eigenvalue weighted by molar-refractivity contribution is 0.669. The van der Waals surface area contributed by atoms with Crippen molar-refractivity contribution in [1.29, 1.82) is 0 Å². The van der Waals surface area contributed by atoms with Gasteiger partial charge in [-0.15, -0.1) is 34.0 Å². The Morgan fingerprint density at radius 1 is 0.181 bits per heavy atom. The number of fused-ring (bicyclic) bond motifs is 38. The molecule has 0 saturated carbocycles. The predicted octanol–water partition coefficient (Wildman–Crippen LogP) is 43.2. The average Bonchev–Trinajstić information content (AvgIpc) is 1.63. The Balaban J connectivity index is 0.000000103. The van der Waals surface area contributed by atoms with Gasteiger partial charge in [-0.2, -0.15) is 0 Å². The van der Waals surface area contributed by atoms with E-state index in [4.69, 9.17) is 4.42 Å². The van der Waals surface area contributed by atoms with E-state index in [2.05, 4.69) is 521 Å². The van der Waals surface area contributed by atoms with Crippen molar-refractivity contribution in [2.45, 2.75) is 26.7 Å². The fourth-order valence-corrected chi connectivity index (χ4v) is 27.7. The van der Waals surface area contributed by atoms with Crippen molar-refractivity contribution in [2.75, 3.05) is 14.7 Å². The van der Waals surface area contributed by atoms with Crippen LogP contribution in [0.15, 0.2) is 496 Å². The van der Waals surface area contributed by atoms with Crippen LogP contribution in [0.4, 0.5) is 51.2 Å². The maximum atomic E-state index is 6.60. The molecule has 0 bridgehead atoms. The highest BCUT2D eigenvalue weighted by Gasteiger charge is 2.26. The maximum Gasteiger partial charge on any atom is 0.159 e. The van der Waals surface area contributed by atoms with Crippen LogP contribution >= 0.6 is 34.0 Å². The second-order valence-corrected chi connectivity index (χ2v) is 43.5. The maximum absolute atomic E-state index is 6.60. The van der Waals surface area contributed by atoms with Crippen LogP contribution in [0.25, 0.3) is 244 Å². The van der Waals surface area contributed by atoms with Gasteiger partial charge in [-0.1, -0.05) is 347 Å². The predicted molar refractivity (Wildman–Crippen MR) is 651 cm³/mol. The molecule has 0 aliphatic heterocycles. The zero-order valence-electron chi connectivity index (χ0n) is 81.8. The van der Waals surface area contributed by atoms with E-state index in [9.17, 15) is 0 Å². The molecule has 0 amide bonds. The number of para-hydroxylation sites is 2. The summed E-state index contributed by atoms with van der Waals surface area (Å²) in [6.07, 6.45) is 0. The third-order valence-electron chi connectivity index (χ3n) is 31.3. The van der Waals surface area contributed by atoms with Gasteiger partial charge in [0, 0.05) is 122 Å². The quantitative estimate of drug-likeness (QED) is 0.127. The first-order valence-corrected chi connectivity index (χ1v) is 53.8. The van der Waals surface area contributed by atoms with E-state index in [1.54, 1.807) is 0 Å². The van der Waals surface area contributed by atoms with Gasteiger partial charge in [-0.25, -0.2) is 0 Å². The lowest BCUT2D eigenvalue weighted by Crippen LogP contribution is -2.10. The molecule has 149 heavy (non-hydrogen) atoms. The van der Waals surface area contributed by atoms with E-state index in [0.717, 1.165) is 73.1 Å². The number of rotatable bonds is 10. The van der Waals surface area contributed by atoms with Crippen LogP contribution in [0, 0.1) is 6.92 Å². The SMILES string of the molecule is CC(C)c1ccc(N(c2ccc3cc4sc5c(ccc6c7ccccc7c7ccccc7c65)c4cc3c2)c2cccc3c2oc2ccccc23)cc1.Cc1ccc(N(c2ccc3ccccc3c2)c2ccc3cc4sc5cc6c7ccccc7c7ccccc7c6cc5c4cc3c2)cc1.c1ccc2cc(N(c3ccc4ccccc4c3)c3ccc4cc5sc6ccc7c8ccccc8c8ccccc8c7c6c5cc4c3)ccc2c1. The Morgan fingerprint density at radius 2 is 0.497 bits per heavy atom. The van der Waals surface area contributed by atoms with E-state index < -0.39 is 0 Å². The molecule has 4 aromatic heterocycles. The first kappa shape index (κ1) is 86.4. The summed E-state index contributed by atoms with van der Waals surface area (Å²) in [6, 6.07) is 181. The molecule has 0 aliphatic rings. The van der Waals surface area contributed by atoms with Gasteiger partial charge in [-0.05, 0) is 338 Å². The van der Waals surface area contributed by atoms with Gasteiger partial charge in [0.25, 0.3) is 0 Å². The Morgan fingerprint density at radius 3 is 1.00 bits per heavy atom. The van der Waals surface area contributed by atoms with Gasteiger partial charge in [0.15, 0.2) is 5.58 Å². The molecule has 32 rings (SSSR count). The van der Waals surface area contributed by atoms with Gasteiger partial charge in [0.05, 0.1) is 5.69 Å². The largest absolute Gasteiger partial charge is 0.454 e. The molecule has 0 unspecified atom stereocenters. The Bertz CT molecular complexity index is 11100. The summed E-state index contributed by atoms with van der Waals surface area (Å²) in [5.74, 6) is 0.457. The number of benzene rings is 28. The molecule has 0 atom stereocenters. The molecule has 7 heteroatoms. The summed E-state index contributed by atoms with van der Waals surface area (Å²) >= 11 is 5.72. The number of aryl methyl sites for hydroxylation is 1. The Labute approximate surface area is 870 Å². The monoisotopic (exact) mass is 1950 g/mol. The second-order valence-electron chi connectivity index (χ2n) is 40.3. The lowest BCUT2D eigenvalue weighted by atomic mass is 9.91. The second kappa shape index (κ2) is 34.6. The summed E-state index contributed by atoms with van der Waals surface area (Å²) in [5, 5.41) is 48.9. The number of furan rings is 1. The molecule has 32 aromatic rings. The summed E-state index contributed by atoms with van der Waals surface area (Å²) in [7, 11) is 0. The van der Waals surface area contributed by atoms with E-state index in [1.165, 1.54) is 233 Å². The van der Waals surface area contributed by atoms with Crippen molar-refractivity contribution in [1.82, 2.24) is 0 Å². The van der Waals surface area contributed by atoms with Crippen molar-refractivity contribution < 1.29 is 4.42 Å². The van der Waals surface area contributed by atoms with Crippen LogP contribution in [0.2, 0.25) is 0 Å². The molecule has 0 N–H and O–H groups in total. The number of hydrogen-bond donors (Lipinski definition) is 0. The fourth-order valence-electron chi connectivity index (χ4n) is 24.1. The van der Waals surface area contributed by atoms with Crippen molar-refractivity contribution in [3.05, 3.63) is 503 Å². The summed E-state index contributed by atoms with van der Waals surface area (Å²) < 4.78 is 14.6. The molecule has 0 fully saturated rings. The third kappa shape index (κ3) is 14.3. The molecule has 0 saturated heterocycles. The topological polar surface area (TPSA) is 22.9 Å². The zero-order chi connectivity index (χ0) is 98.3. The van der Waals surface area contributed by atoms with Gasteiger partial charge in [0.1, 0.15) is 5.58 Å². The summed E-state index contributed by atoms with van der Waals surface area (Å²) in [6.45, 7) is 6.63. The summed E-state index contributed by atoms with van der Waals surface area (Å²) in [5.41, 5.74) is 14.5. The van der Waals surface area contributed by atoms with Crippen LogP contribution in [-0.2, 0) is 0 Å². The molecule has 0 aliphatic carbocycles. The first-order valence-electron chi connectivity index (χ1n) is 51.4. The van der Waals surface area contributed by atoms with E-state index >= 15 is 0 Å². The number of thiophene rings is 3. The molecule has 28 aromatic carbocycles. The lowest BCUT2D eigenvalue weighted by Gasteiger charge is -2.26. The molecule has 698 valence electrons. The molecule has 4 heterocycles. The summed E-state index contributed by atoms with van der Waals surface area (Å²) in [4.78, 5) is 7.14. The van der Waals surface area contributed by atoms with Crippen molar-refractivity contribution in [3.8, 4) is 0 Å². The first-order chi connectivity index (χ1) is 73.5. The van der Waals surface area contributed by atoms with Crippen LogP contribution < -0.4 is 14.7 Å². The van der Waals surface area contributed by atoms with Crippen LogP contribution in [0.5, 0.6) is 0 Å². The number of hydrogen-bond acceptors (Lipinski definition) is 7. The van der Waals surface area contributed by atoms with Crippen molar-refractivity contribution in [3.63, 3.8) is 0 Å². The normalized spacial score (nSPS) is 12.1. The van der Waals surface area contributed by atoms with Gasteiger partial charge in [0.2, 0.25) is 0 Å². The highest BCUT2D eigenvalue weighted by Crippen LogP contribution is 2.53. The highest BCUT2D eigenvalue weighted by molar-refractivity contribution is 7.27. The minimum atomic E-state index is 0.457. The zero-order valence-corrected chi connectivity index (χ0v) is 84.3. The van der Waals surface area contributed by atoms with E-state index in [0.29, 0.717) is 5.92 Å². The molecule has 0 radical (unpaired) electrons. The van der Waals surface area contributed by atoms with Crippen molar-refractivity contribution >= 4 is 329 Å². The van der Waals surface area contributed by atoms with Crippen molar-refractivity contribution in [2.24, 2.45) is 0 Å². The molecular formula is C142H91N3OS3. The highest BCUT2D eigenvalue weighted by atomic mass is 32.1. The molecule has 4 nitrogen and oxygen atoms in total. The third-order valence-corrected chi connectivity index (χ3v) is 34.7. The minimum absolute atomic E-state index is 0.457. The van der Waals surface area contributed by atoms with Gasteiger partial charge in [-0.3, -0.25) is 0 Å². The van der Waals surface area contributed by atoms with Gasteiger partial charge >= 0.3 is 0 Å².